The van der Waals surface area contributed by atoms with E-state index in [0.717, 1.165) is 9.58 Å². The van der Waals surface area contributed by atoms with Crippen LogP contribution in [0.2, 0.25) is 5.02 Å². The van der Waals surface area contributed by atoms with Crippen molar-refractivity contribution in [3.63, 3.8) is 0 Å². The molecule has 1 aliphatic carbocycles. The van der Waals surface area contributed by atoms with Gasteiger partial charge in [0.15, 0.2) is 0 Å². The lowest BCUT2D eigenvalue weighted by Gasteiger charge is -2.49. The second-order valence-corrected chi connectivity index (χ2v) is 13.8. The van der Waals surface area contributed by atoms with Gasteiger partial charge in [0.05, 0.1) is 41.6 Å². The van der Waals surface area contributed by atoms with E-state index in [2.05, 4.69) is 5.43 Å². The standard InChI is InChI=1S/C39H29ClFN5O6/c40-25-8-6-24(7-9-25)39-31(35(48)45(36(39)49)42-27-12-10-26(41)11-13-27)20-32-30(34(39)23-18-22-19-29(47)14-15-33(22)52-21-23)16-17-43-37(50)44(38(51)46(32)43)28-4-2-1-3-5-28/h1-16,19,21,31-32,34,42,47H,17-18,20H2. The lowest BCUT2D eigenvalue weighted by molar-refractivity contribution is -0.138. The molecule has 1 saturated carbocycles. The molecule has 13 heteroatoms. The summed E-state index contributed by atoms with van der Waals surface area (Å²) in [5, 5.41) is 11.8. The fourth-order valence-electron chi connectivity index (χ4n) is 8.53. The molecule has 2 fully saturated rings. The topological polar surface area (TPSA) is 128 Å². The lowest BCUT2D eigenvalue weighted by Crippen LogP contribution is -2.55. The van der Waals surface area contributed by atoms with Crippen LogP contribution in [0.25, 0.3) is 5.69 Å². The molecule has 0 spiro atoms. The minimum Gasteiger partial charge on any atom is -0.508 e. The Bertz CT molecular complexity index is 2490. The number of hydrogen-bond acceptors (Lipinski definition) is 7. The van der Waals surface area contributed by atoms with E-state index < -0.39 is 52.3 Å². The van der Waals surface area contributed by atoms with Gasteiger partial charge in [-0.3, -0.25) is 15.0 Å². The number of benzene rings is 4. The Kier molecular flexibility index (Phi) is 7.16. The number of para-hydroxylation sites is 1. The van der Waals surface area contributed by atoms with Crippen LogP contribution in [-0.4, -0.2) is 35.9 Å². The number of allylic oxidation sites excluding steroid dienone is 3. The van der Waals surface area contributed by atoms with Crippen LogP contribution in [0, 0.1) is 17.7 Å². The molecule has 4 aliphatic rings. The van der Waals surface area contributed by atoms with Gasteiger partial charge in [0.25, 0.3) is 11.8 Å². The van der Waals surface area contributed by atoms with E-state index in [1.807, 2.05) is 6.08 Å². The number of aromatic hydroxyl groups is 1. The van der Waals surface area contributed by atoms with Crippen molar-refractivity contribution in [2.75, 3.05) is 5.43 Å². The van der Waals surface area contributed by atoms with Crippen LogP contribution in [0.4, 0.5) is 10.1 Å². The second kappa shape index (κ2) is 11.7. The number of nitrogens with zero attached hydrogens (tertiary/aromatic N) is 4. The quantitative estimate of drug-likeness (QED) is 0.187. The summed E-state index contributed by atoms with van der Waals surface area (Å²) in [5.74, 6) is -2.95. The Labute approximate surface area is 300 Å². The van der Waals surface area contributed by atoms with Crippen LogP contribution in [0.5, 0.6) is 11.5 Å². The van der Waals surface area contributed by atoms with Crippen LogP contribution in [0.15, 0.2) is 130 Å². The van der Waals surface area contributed by atoms with E-state index in [-0.39, 0.29) is 25.1 Å². The van der Waals surface area contributed by atoms with Gasteiger partial charge in [-0.2, -0.15) is 5.01 Å². The second-order valence-electron chi connectivity index (χ2n) is 13.4. The molecule has 1 aromatic heterocycles. The van der Waals surface area contributed by atoms with Gasteiger partial charge in [0.1, 0.15) is 17.3 Å². The van der Waals surface area contributed by atoms with Gasteiger partial charge in [-0.1, -0.05) is 48.0 Å². The molecule has 0 radical (unpaired) electrons. The van der Waals surface area contributed by atoms with Crippen molar-refractivity contribution < 1.29 is 23.8 Å². The number of carbonyl (C=O) groups excluding carboxylic acids is 2. The fourth-order valence-corrected chi connectivity index (χ4v) is 8.66. The summed E-state index contributed by atoms with van der Waals surface area (Å²) < 4.78 is 23.9. The van der Waals surface area contributed by atoms with Crippen molar-refractivity contribution in [3.05, 3.63) is 163 Å². The highest BCUT2D eigenvalue weighted by atomic mass is 35.5. The van der Waals surface area contributed by atoms with Gasteiger partial charge >= 0.3 is 11.4 Å². The molecule has 52 heavy (non-hydrogen) atoms. The maximum atomic E-state index is 15.3. The number of nitrogens with one attached hydrogen (secondary N) is 1. The molecule has 5 aromatic rings. The smallest absolute Gasteiger partial charge is 0.352 e. The van der Waals surface area contributed by atoms with Crippen LogP contribution in [-0.2, 0) is 28.0 Å². The number of halogens is 2. The van der Waals surface area contributed by atoms with E-state index in [9.17, 15) is 23.9 Å². The average molecular weight is 718 g/mol. The van der Waals surface area contributed by atoms with Gasteiger partial charge < -0.3 is 9.84 Å². The number of rotatable bonds is 5. The van der Waals surface area contributed by atoms with Crippen LogP contribution >= 0.6 is 11.6 Å². The number of hydrazine groups is 1. The molecule has 9 rings (SSSR count). The minimum absolute atomic E-state index is 0.000787. The number of anilines is 1. The SMILES string of the molecule is O=C1C2CC3C(=CCn4c(=O)n(-c5ccccc5)c(=O)n43)C(C3=COc4ccc(O)cc4C3)C2(c2ccc(Cl)cc2)C(=O)N1Nc1ccc(F)cc1. The number of aromatic nitrogens is 3. The van der Waals surface area contributed by atoms with Gasteiger partial charge in [0.2, 0.25) is 0 Å². The highest BCUT2D eigenvalue weighted by Crippen LogP contribution is 2.61. The Morgan fingerprint density at radius 2 is 1.65 bits per heavy atom. The first-order valence-electron chi connectivity index (χ1n) is 16.7. The number of hydrogen-bond donors (Lipinski definition) is 2. The van der Waals surface area contributed by atoms with Gasteiger partial charge in [-0.05, 0) is 89.9 Å². The molecule has 260 valence electrons. The molecule has 2 amide bonds. The first kappa shape index (κ1) is 31.8. The monoisotopic (exact) mass is 717 g/mol. The zero-order valence-corrected chi connectivity index (χ0v) is 28.0. The van der Waals surface area contributed by atoms with E-state index in [1.54, 1.807) is 73.0 Å². The highest BCUT2D eigenvalue weighted by Gasteiger charge is 2.69. The molecular formula is C39H29ClFN5O6. The number of phenols is 1. The number of phenolic OH excluding ortho intramolecular Hbond substituents is 1. The Morgan fingerprint density at radius 1 is 0.904 bits per heavy atom. The first-order valence-corrected chi connectivity index (χ1v) is 17.1. The van der Waals surface area contributed by atoms with Gasteiger partial charge in [0, 0.05) is 22.9 Å². The highest BCUT2D eigenvalue weighted by molar-refractivity contribution is 6.30. The number of fused-ring (bicyclic) bond motifs is 5. The Hall–Kier alpha value is -6.14. The molecule has 2 N–H and O–H groups in total. The summed E-state index contributed by atoms with van der Waals surface area (Å²) >= 11 is 6.37. The van der Waals surface area contributed by atoms with Crippen molar-refractivity contribution in [1.29, 1.82) is 0 Å². The van der Waals surface area contributed by atoms with Crippen LogP contribution in [0.1, 0.15) is 23.6 Å². The number of ether oxygens (including phenoxy) is 1. The van der Waals surface area contributed by atoms with Crippen molar-refractivity contribution in [1.82, 2.24) is 18.9 Å². The number of amides is 2. The Morgan fingerprint density at radius 3 is 2.40 bits per heavy atom. The van der Waals surface area contributed by atoms with Crippen molar-refractivity contribution >= 4 is 29.1 Å². The third kappa shape index (κ3) is 4.56. The molecule has 4 heterocycles. The maximum Gasteiger partial charge on any atom is 0.352 e. The van der Waals surface area contributed by atoms with Crippen molar-refractivity contribution in [3.8, 4) is 17.2 Å². The summed E-state index contributed by atoms with van der Waals surface area (Å²) in [4.78, 5) is 58.2. The molecule has 0 bridgehead atoms. The summed E-state index contributed by atoms with van der Waals surface area (Å²) in [6.07, 6.45) is 3.70. The van der Waals surface area contributed by atoms with Crippen molar-refractivity contribution in [2.24, 2.45) is 11.8 Å². The third-order valence-electron chi connectivity index (χ3n) is 10.7. The summed E-state index contributed by atoms with van der Waals surface area (Å²) in [6.45, 7) is 0.0306. The van der Waals surface area contributed by atoms with E-state index in [0.29, 0.717) is 44.4 Å². The predicted molar refractivity (Wildman–Crippen MR) is 189 cm³/mol. The average Bonchev–Trinajstić information content (AvgIpc) is 3.53. The van der Waals surface area contributed by atoms with Crippen molar-refractivity contribution in [2.45, 2.75) is 30.8 Å². The minimum atomic E-state index is -1.57. The molecule has 4 aromatic carbocycles. The lowest BCUT2D eigenvalue weighted by atomic mass is 9.52. The molecule has 3 aliphatic heterocycles. The van der Waals surface area contributed by atoms with Crippen LogP contribution in [0.3, 0.4) is 0 Å². The molecule has 1 saturated heterocycles. The Balaban J connectivity index is 1.28. The number of imide groups is 1. The summed E-state index contributed by atoms with van der Waals surface area (Å²) in [6, 6.07) is 24.7. The predicted octanol–water partition coefficient (Wildman–Crippen LogP) is 5.27. The van der Waals surface area contributed by atoms with E-state index in [1.165, 1.54) is 39.7 Å². The van der Waals surface area contributed by atoms with E-state index in [4.69, 9.17) is 16.3 Å². The molecular weight excluding hydrogens is 689 g/mol. The maximum absolute atomic E-state index is 15.3. The number of carbonyl (C=O) groups is 2. The van der Waals surface area contributed by atoms with Gasteiger partial charge in [-0.15, -0.1) is 0 Å². The molecule has 4 unspecified atom stereocenters. The zero-order chi connectivity index (χ0) is 35.9. The van der Waals surface area contributed by atoms with E-state index >= 15 is 4.79 Å². The zero-order valence-electron chi connectivity index (χ0n) is 27.3. The normalized spacial score (nSPS) is 23.1. The van der Waals surface area contributed by atoms with Crippen LogP contribution < -0.4 is 21.5 Å². The largest absolute Gasteiger partial charge is 0.508 e. The molecule has 11 nitrogen and oxygen atoms in total. The van der Waals surface area contributed by atoms with Gasteiger partial charge in [-0.25, -0.2) is 27.9 Å². The first-order chi connectivity index (χ1) is 25.2. The molecule has 4 atom stereocenters. The summed E-state index contributed by atoms with van der Waals surface area (Å²) in [5.41, 5.74) is 3.45. The third-order valence-corrected chi connectivity index (χ3v) is 10.9. The fraction of sp³-hybridized carbons (Fsp3) is 0.179. The summed E-state index contributed by atoms with van der Waals surface area (Å²) in [7, 11) is 0.